The van der Waals surface area contributed by atoms with Gasteiger partial charge >= 0.3 is 0 Å². The smallest absolute Gasteiger partial charge is 0.176 e. The minimum absolute atomic E-state index is 0.107. The highest BCUT2D eigenvalue weighted by Gasteiger charge is 2.14. The Balaban J connectivity index is 2.97. The number of hydrogen-bond acceptors (Lipinski definition) is 2. The van der Waals surface area contributed by atoms with Crippen molar-refractivity contribution in [2.24, 2.45) is 0 Å². The first-order chi connectivity index (χ1) is 7.06. The fraction of sp³-hybridized carbons (Fsp3) is 0.417. The molecule has 0 bridgehead atoms. The SMILES string of the molecule is CCOc1ccc(C(=O)C(C)Br)c(C)c1. The van der Waals surface area contributed by atoms with Crippen LogP contribution in [0.5, 0.6) is 5.75 Å². The average molecular weight is 271 g/mol. The molecule has 0 N–H and O–H groups in total. The molecular formula is C12H15BrO2. The van der Waals surface area contributed by atoms with E-state index in [0.717, 1.165) is 16.9 Å². The number of rotatable bonds is 4. The lowest BCUT2D eigenvalue weighted by Gasteiger charge is -2.09. The number of carbonyl (C=O) groups is 1. The molecule has 82 valence electrons. The summed E-state index contributed by atoms with van der Waals surface area (Å²) in [4.78, 5) is 11.6. The highest BCUT2D eigenvalue weighted by Crippen LogP contribution is 2.20. The second-order valence-electron chi connectivity index (χ2n) is 3.39. The van der Waals surface area contributed by atoms with Gasteiger partial charge in [0.1, 0.15) is 5.75 Å². The predicted molar refractivity (Wildman–Crippen MR) is 65.1 cm³/mol. The Morgan fingerprint density at radius 2 is 2.20 bits per heavy atom. The Morgan fingerprint density at radius 1 is 1.53 bits per heavy atom. The summed E-state index contributed by atoms with van der Waals surface area (Å²) in [5, 5.41) is 0. The first kappa shape index (κ1) is 12.2. The third-order valence-corrected chi connectivity index (χ3v) is 2.55. The van der Waals surface area contributed by atoms with Gasteiger partial charge in [0.2, 0.25) is 0 Å². The minimum atomic E-state index is -0.144. The molecule has 1 atom stereocenters. The van der Waals surface area contributed by atoms with Gasteiger partial charge in [-0.05, 0) is 44.5 Å². The van der Waals surface area contributed by atoms with E-state index in [2.05, 4.69) is 15.9 Å². The highest BCUT2D eigenvalue weighted by molar-refractivity contribution is 9.10. The monoisotopic (exact) mass is 270 g/mol. The molecular weight excluding hydrogens is 256 g/mol. The lowest BCUT2D eigenvalue weighted by Crippen LogP contribution is -2.11. The molecule has 15 heavy (non-hydrogen) atoms. The number of hydrogen-bond donors (Lipinski definition) is 0. The second kappa shape index (κ2) is 5.31. The largest absolute Gasteiger partial charge is 0.494 e. The van der Waals surface area contributed by atoms with Gasteiger partial charge in [-0.3, -0.25) is 4.79 Å². The minimum Gasteiger partial charge on any atom is -0.494 e. The van der Waals surface area contributed by atoms with Crippen LogP contribution in [0.15, 0.2) is 18.2 Å². The van der Waals surface area contributed by atoms with Gasteiger partial charge in [-0.15, -0.1) is 0 Å². The first-order valence-corrected chi connectivity index (χ1v) is 5.89. The number of aryl methyl sites for hydroxylation is 1. The molecule has 0 aliphatic carbocycles. The van der Waals surface area contributed by atoms with Crippen LogP contribution in [0.3, 0.4) is 0 Å². The average Bonchev–Trinajstić information content (AvgIpc) is 2.17. The molecule has 0 aliphatic rings. The Kier molecular flexibility index (Phi) is 4.33. The molecule has 3 heteroatoms. The highest BCUT2D eigenvalue weighted by atomic mass is 79.9. The van der Waals surface area contributed by atoms with Crippen molar-refractivity contribution in [1.82, 2.24) is 0 Å². The number of carbonyl (C=O) groups excluding carboxylic acids is 1. The van der Waals surface area contributed by atoms with Crippen LogP contribution in [-0.2, 0) is 0 Å². The number of benzene rings is 1. The predicted octanol–water partition coefficient (Wildman–Crippen LogP) is 3.36. The van der Waals surface area contributed by atoms with Gasteiger partial charge in [0.05, 0.1) is 11.4 Å². The van der Waals surface area contributed by atoms with Crippen LogP contribution < -0.4 is 4.74 Å². The molecule has 0 spiro atoms. The molecule has 1 aromatic carbocycles. The second-order valence-corrected chi connectivity index (χ2v) is 4.76. The number of Topliss-reactive ketones (excluding diaryl/α,β-unsaturated/α-hetero) is 1. The van der Waals surface area contributed by atoms with Gasteiger partial charge in [-0.1, -0.05) is 15.9 Å². The third-order valence-electron chi connectivity index (χ3n) is 2.14. The quantitative estimate of drug-likeness (QED) is 0.620. The first-order valence-electron chi connectivity index (χ1n) is 4.98. The van der Waals surface area contributed by atoms with Crippen LogP contribution in [0.25, 0.3) is 0 Å². The lowest BCUT2D eigenvalue weighted by molar-refractivity contribution is 0.0995. The van der Waals surface area contributed by atoms with E-state index in [1.165, 1.54) is 0 Å². The van der Waals surface area contributed by atoms with Crippen molar-refractivity contribution in [3.63, 3.8) is 0 Å². The van der Waals surface area contributed by atoms with Crippen molar-refractivity contribution in [1.29, 1.82) is 0 Å². The molecule has 1 aromatic rings. The van der Waals surface area contributed by atoms with E-state index < -0.39 is 0 Å². The number of ketones is 1. The Morgan fingerprint density at radius 3 is 2.67 bits per heavy atom. The van der Waals surface area contributed by atoms with Gasteiger partial charge in [-0.2, -0.15) is 0 Å². The molecule has 0 saturated heterocycles. The van der Waals surface area contributed by atoms with Crippen LogP contribution >= 0.6 is 15.9 Å². The third kappa shape index (κ3) is 3.06. The van der Waals surface area contributed by atoms with Gasteiger partial charge < -0.3 is 4.74 Å². The van der Waals surface area contributed by atoms with E-state index in [4.69, 9.17) is 4.74 Å². The van der Waals surface area contributed by atoms with Gasteiger partial charge in [0.15, 0.2) is 5.78 Å². The zero-order valence-electron chi connectivity index (χ0n) is 9.21. The molecule has 0 radical (unpaired) electrons. The zero-order valence-corrected chi connectivity index (χ0v) is 10.8. The van der Waals surface area contributed by atoms with Crippen molar-refractivity contribution >= 4 is 21.7 Å². The molecule has 0 heterocycles. The topological polar surface area (TPSA) is 26.3 Å². The fourth-order valence-corrected chi connectivity index (χ4v) is 1.63. The molecule has 0 amide bonds. The summed E-state index contributed by atoms with van der Waals surface area (Å²) >= 11 is 3.28. The molecule has 1 unspecified atom stereocenters. The van der Waals surface area contributed by atoms with Gasteiger partial charge in [-0.25, -0.2) is 0 Å². The van der Waals surface area contributed by atoms with E-state index in [-0.39, 0.29) is 10.6 Å². The van der Waals surface area contributed by atoms with Crippen molar-refractivity contribution in [2.45, 2.75) is 25.6 Å². The van der Waals surface area contributed by atoms with Crippen molar-refractivity contribution in [2.75, 3.05) is 6.61 Å². The van der Waals surface area contributed by atoms with Crippen molar-refractivity contribution < 1.29 is 9.53 Å². The maximum Gasteiger partial charge on any atom is 0.176 e. The van der Waals surface area contributed by atoms with Crippen LogP contribution in [0.1, 0.15) is 29.8 Å². The molecule has 0 saturated carbocycles. The van der Waals surface area contributed by atoms with E-state index >= 15 is 0 Å². The van der Waals surface area contributed by atoms with Crippen LogP contribution in [0.2, 0.25) is 0 Å². The molecule has 0 aromatic heterocycles. The maximum absolute atomic E-state index is 11.7. The summed E-state index contributed by atoms with van der Waals surface area (Å²) in [6.45, 7) is 6.33. The number of halogens is 1. The maximum atomic E-state index is 11.7. The lowest BCUT2D eigenvalue weighted by atomic mass is 10.0. The normalized spacial score (nSPS) is 12.3. The number of alkyl halides is 1. The Bertz CT molecular complexity index is 359. The summed E-state index contributed by atoms with van der Waals surface area (Å²) < 4.78 is 5.36. The zero-order chi connectivity index (χ0) is 11.4. The van der Waals surface area contributed by atoms with Crippen LogP contribution in [0.4, 0.5) is 0 Å². The summed E-state index contributed by atoms with van der Waals surface area (Å²) in [5.41, 5.74) is 1.71. The summed E-state index contributed by atoms with van der Waals surface area (Å²) in [5.74, 6) is 0.921. The van der Waals surface area contributed by atoms with Gasteiger partial charge in [0.25, 0.3) is 0 Å². The fourth-order valence-electron chi connectivity index (χ4n) is 1.38. The Labute approximate surface area is 98.8 Å². The summed E-state index contributed by atoms with van der Waals surface area (Å²) in [6.07, 6.45) is 0. The molecule has 0 fully saturated rings. The van der Waals surface area contributed by atoms with E-state index in [9.17, 15) is 4.79 Å². The molecule has 0 aliphatic heterocycles. The molecule has 1 rings (SSSR count). The van der Waals surface area contributed by atoms with Crippen molar-refractivity contribution in [3.05, 3.63) is 29.3 Å². The van der Waals surface area contributed by atoms with E-state index in [1.807, 2.05) is 39.0 Å². The standard InChI is InChI=1S/C12H15BrO2/c1-4-15-10-5-6-11(8(2)7-10)12(14)9(3)13/h5-7,9H,4H2,1-3H3. The van der Waals surface area contributed by atoms with Crippen LogP contribution in [-0.4, -0.2) is 17.2 Å². The summed E-state index contributed by atoms with van der Waals surface area (Å²) in [6, 6.07) is 5.55. The van der Waals surface area contributed by atoms with E-state index in [1.54, 1.807) is 0 Å². The van der Waals surface area contributed by atoms with Crippen LogP contribution in [0, 0.1) is 6.92 Å². The number of ether oxygens (including phenoxy) is 1. The Hall–Kier alpha value is -0.830. The summed E-state index contributed by atoms with van der Waals surface area (Å²) in [7, 11) is 0. The molecule has 2 nitrogen and oxygen atoms in total. The van der Waals surface area contributed by atoms with E-state index in [0.29, 0.717) is 6.61 Å². The van der Waals surface area contributed by atoms with Gasteiger partial charge in [0, 0.05) is 5.56 Å². The van der Waals surface area contributed by atoms with Crippen molar-refractivity contribution in [3.8, 4) is 5.75 Å².